The second-order valence-corrected chi connectivity index (χ2v) is 4.35. The van der Waals surface area contributed by atoms with Gasteiger partial charge < -0.3 is 9.88 Å². The van der Waals surface area contributed by atoms with Crippen molar-refractivity contribution >= 4 is 0 Å². The molecule has 0 saturated heterocycles. The molecule has 0 radical (unpaired) electrons. The van der Waals surface area contributed by atoms with Gasteiger partial charge in [0.1, 0.15) is 12.7 Å². The van der Waals surface area contributed by atoms with Crippen LogP contribution >= 0.6 is 0 Å². The summed E-state index contributed by atoms with van der Waals surface area (Å²) in [7, 11) is 0. The highest BCUT2D eigenvalue weighted by Gasteiger charge is 2.28. The van der Waals surface area contributed by atoms with Crippen molar-refractivity contribution in [2.45, 2.75) is 45.3 Å². The quantitative estimate of drug-likeness (QED) is 0.762. The number of nitrogens with zero attached hydrogens (tertiary/aromatic N) is 3. The van der Waals surface area contributed by atoms with E-state index in [0.717, 1.165) is 12.5 Å². The minimum atomic E-state index is 0.488. The highest BCUT2D eigenvalue weighted by molar-refractivity contribution is 4.84. The van der Waals surface area contributed by atoms with Crippen LogP contribution in [0.5, 0.6) is 0 Å². The monoisotopic (exact) mass is 194 g/mol. The Balaban J connectivity index is 1.75. The van der Waals surface area contributed by atoms with Crippen molar-refractivity contribution < 1.29 is 0 Å². The summed E-state index contributed by atoms with van der Waals surface area (Å²) in [6.07, 6.45) is 6.32. The average Bonchev–Trinajstić information content (AvgIpc) is 2.87. The first kappa shape index (κ1) is 9.65. The van der Waals surface area contributed by atoms with E-state index in [9.17, 15) is 0 Å². The molecular formula is C10H18N4. The Bertz CT molecular complexity index is 266. The molecule has 4 nitrogen and oxygen atoms in total. The third-order valence-corrected chi connectivity index (χ3v) is 2.83. The molecule has 1 N–H and O–H groups in total. The molecule has 1 aromatic heterocycles. The predicted molar refractivity (Wildman–Crippen MR) is 54.8 cm³/mol. The Hall–Kier alpha value is -0.900. The molecular weight excluding hydrogens is 176 g/mol. The van der Waals surface area contributed by atoms with E-state index in [2.05, 4.69) is 29.4 Å². The normalized spacial score (nSPS) is 20.7. The molecule has 0 aliphatic heterocycles. The van der Waals surface area contributed by atoms with Crippen LogP contribution in [0.15, 0.2) is 12.7 Å². The van der Waals surface area contributed by atoms with Gasteiger partial charge in [0.05, 0.1) is 0 Å². The molecule has 1 aliphatic rings. The standard InChI is InChI=1S/C10H18N4/c1-8(5-14-6-11-12-7-14)13-9(2)10-3-4-10/h6-10,13H,3-5H2,1-2H3. The summed E-state index contributed by atoms with van der Waals surface area (Å²) in [5.74, 6) is 0.915. The van der Waals surface area contributed by atoms with E-state index in [4.69, 9.17) is 0 Å². The summed E-state index contributed by atoms with van der Waals surface area (Å²) < 4.78 is 2.01. The summed E-state index contributed by atoms with van der Waals surface area (Å²) in [4.78, 5) is 0. The Morgan fingerprint density at radius 2 is 2.00 bits per heavy atom. The van der Waals surface area contributed by atoms with Gasteiger partial charge in [0.15, 0.2) is 0 Å². The van der Waals surface area contributed by atoms with Crippen LogP contribution in [0.25, 0.3) is 0 Å². The molecule has 1 fully saturated rings. The second kappa shape index (κ2) is 4.09. The number of aromatic nitrogens is 3. The summed E-state index contributed by atoms with van der Waals surface area (Å²) in [6, 6.07) is 1.14. The van der Waals surface area contributed by atoms with Gasteiger partial charge in [-0.1, -0.05) is 0 Å². The summed E-state index contributed by atoms with van der Waals surface area (Å²) in [5.41, 5.74) is 0. The maximum atomic E-state index is 3.79. The molecule has 4 heteroatoms. The van der Waals surface area contributed by atoms with Gasteiger partial charge in [0.2, 0.25) is 0 Å². The van der Waals surface area contributed by atoms with Crippen molar-refractivity contribution in [1.29, 1.82) is 0 Å². The van der Waals surface area contributed by atoms with Crippen LogP contribution in [0.1, 0.15) is 26.7 Å². The van der Waals surface area contributed by atoms with Crippen molar-refractivity contribution in [3.63, 3.8) is 0 Å². The zero-order valence-corrected chi connectivity index (χ0v) is 8.85. The van der Waals surface area contributed by atoms with Crippen LogP contribution in [-0.2, 0) is 6.54 Å². The summed E-state index contributed by atoms with van der Waals surface area (Å²) in [6.45, 7) is 5.43. The predicted octanol–water partition coefficient (Wildman–Crippen LogP) is 1.05. The van der Waals surface area contributed by atoms with Crippen LogP contribution in [0.2, 0.25) is 0 Å². The molecule has 1 aromatic rings. The molecule has 0 spiro atoms. The van der Waals surface area contributed by atoms with E-state index >= 15 is 0 Å². The Morgan fingerprint density at radius 1 is 1.36 bits per heavy atom. The van der Waals surface area contributed by atoms with Crippen molar-refractivity contribution in [3.8, 4) is 0 Å². The zero-order valence-electron chi connectivity index (χ0n) is 8.85. The maximum Gasteiger partial charge on any atom is 0.119 e. The van der Waals surface area contributed by atoms with E-state index in [0.29, 0.717) is 12.1 Å². The molecule has 1 heterocycles. The zero-order chi connectivity index (χ0) is 9.97. The van der Waals surface area contributed by atoms with E-state index < -0.39 is 0 Å². The summed E-state index contributed by atoms with van der Waals surface area (Å²) >= 11 is 0. The number of rotatable bonds is 5. The first-order valence-electron chi connectivity index (χ1n) is 5.34. The van der Waals surface area contributed by atoms with E-state index in [-0.39, 0.29) is 0 Å². The Labute approximate surface area is 84.7 Å². The first-order valence-corrected chi connectivity index (χ1v) is 5.34. The minimum Gasteiger partial charge on any atom is -0.319 e. The van der Waals surface area contributed by atoms with Gasteiger partial charge in [-0.2, -0.15) is 0 Å². The molecule has 1 saturated carbocycles. The van der Waals surface area contributed by atoms with E-state index in [1.54, 1.807) is 12.7 Å². The number of hydrogen-bond acceptors (Lipinski definition) is 3. The molecule has 1 aliphatic carbocycles. The van der Waals surface area contributed by atoms with Gasteiger partial charge in [-0.05, 0) is 32.6 Å². The van der Waals surface area contributed by atoms with Gasteiger partial charge >= 0.3 is 0 Å². The van der Waals surface area contributed by atoms with Crippen LogP contribution < -0.4 is 5.32 Å². The fraction of sp³-hybridized carbons (Fsp3) is 0.800. The third-order valence-electron chi connectivity index (χ3n) is 2.83. The van der Waals surface area contributed by atoms with Crippen molar-refractivity contribution in [2.75, 3.05) is 0 Å². The molecule has 2 rings (SSSR count). The smallest absolute Gasteiger partial charge is 0.119 e. The Morgan fingerprint density at radius 3 is 2.57 bits per heavy atom. The topological polar surface area (TPSA) is 42.7 Å². The fourth-order valence-electron chi connectivity index (χ4n) is 1.87. The lowest BCUT2D eigenvalue weighted by molar-refractivity contribution is 0.397. The molecule has 0 bridgehead atoms. The van der Waals surface area contributed by atoms with Crippen LogP contribution in [-0.4, -0.2) is 26.8 Å². The van der Waals surface area contributed by atoms with Crippen molar-refractivity contribution in [2.24, 2.45) is 5.92 Å². The van der Waals surface area contributed by atoms with Crippen molar-refractivity contribution in [1.82, 2.24) is 20.1 Å². The van der Waals surface area contributed by atoms with E-state index in [1.165, 1.54) is 12.8 Å². The second-order valence-electron chi connectivity index (χ2n) is 4.35. The lowest BCUT2D eigenvalue weighted by atomic mass is 10.2. The average molecular weight is 194 g/mol. The van der Waals surface area contributed by atoms with Gasteiger partial charge in [-0.15, -0.1) is 10.2 Å². The molecule has 2 unspecified atom stereocenters. The SMILES string of the molecule is CC(Cn1cnnc1)NC(C)C1CC1. The van der Waals surface area contributed by atoms with Crippen LogP contribution in [0.3, 0.4) is 0 Å². The summed E-state index contributed by atoms with van der Waals surface area (Å²) in [5, 5.41) is 11.2. The highest BCUT2D eigenvalue weighted by Crippen LogP contribution is 2.32. The minimum absolute atomic E-state index is 0.488. The fourth-order valence-corrected chi connectivity index (χ4v) is 1.87. The largest absolute Gasteiger partial charge is 0.319 e. The molecule has 0 aromatic carbocycles. The number of nitrogens with one attached hydrogen (secondary N) is 1. The molecule has 0 amide bonds. The van der Waals surface area contributed by atoms with Gasteiger partial charge in [-0.3, -0.25) is 0 Å². The first-order chi connectivity index (χ1) is 6.75. The maximum absolute atomic E-state index is 3.79. The van der Waals surface area contributed by atoms with E-state index in [1.807, 2.05) is 4.57 Å². The Kier molecular flexibility index (Phi) is 2.82. The lowest BCUT2D eigenvalue weighted by Gasteiger charge is -2.19. The number of hydrogen-bond donors (Lipinski definition) is 1. The third kappa shape index (κ3) is 2.54. The van der Waals surface area contributed by atoms with Gasteiger partial charge in [0.25, 0.3) is 0 Å². The van der Waals surface area contributed by atoms with Crippen molar-refractivity contribution in [3.05, 3.63) is 12.7 Å². The van der Waals surface area contributed by atoms with Gasteiger partial charge in [-0.25, -0.2) is 0 Å². The molecule has 2 atom stereocenters. The molecule has 78 valence electrons. The van der Waals surface area contributed by atoms with Crippen LogP contribution in [0, 0.1) is 5.92 Å². The highest BCUT2D eigenvalue weighted by atomic mass is 15.2. The van der Waals surface area contributed by atoms with Crippen LogP contribution in [0.4, 0.5) is 0 Å². The lowest BCUT2D eigenvalue weighted by Crippen LogP contribution is -2.38. The van der Waals surface area contributed by atoms with Gasteiger partial charge in [0, 0.05) is 18.6 Å². The molecule has 14 heavy (non-hydrogen) atoms.